The summed E-state index contributed by atoms with van der Waals surface area (Å²) in [6.07, 6.45) is 0.936. The molecule has 0 fully saturated rings. The molecule has 19 heavy (non-hydrogen) atoms. The van der Waals surface area contributed by atoms with E-state index in [1.807, 2.05) is 6.07 Å². The van der Waals surface area contributed by atoms with Gasteiger partial charge in [-0.15, -0.1) is 0 Å². The number of benzene rings is 1. The second kappa shape index (κ2) is 5.56. The summed E-state index contributed by atoms with van der Waals surface area (Å²) in [5, 5.41) is 33.2. The monoisotopic (exact) mass is 266 g/mol. The lowest BCUT2D eigenvalue weighted by Crippen LogP contribution is -2.57. The van der Waals surface area contributed by atoms with Crippen LogP contribution in [0.25, 0.3) is 0 Å². The molecule has 1 aliphatic heterocycles. The summed E-state index contributed by atoms with van der Waals surface area (Å²) in [5.74, 6) is -0.436. The molecule has 5 N–H and O–H groups in total. The zero-order valence-electron chi connectivity index (χ0n) is 10.5. The number of aliphatic hydroxyl groups excluding tert-OH is 3. The van der Waals surface area contributed by atoms with Crippen molar-refractivity contribution >= 4 is 11.6 Å². The minimum Gasteiger partial charge on any atom is -0.394 e. The van der Waals surface area contributed by atoms with Crippen molar-refractivity contribution in [2.24, 2.45) is 0 Å². The molecule has 0 atom stereocenters. The number of hydrogen-bond acceptors (Lipinski definition) is 5. The van der Waals surface area contributed by atoms with Gasteiger partial charge in [0.15, 0.2) is 0 Å². The first-order valence-corrected chi connectivity index (χ1v) is 6.16. The Labute approximate surface area is 111 Å². The molecule has 2 rings (SSSR count). The van der Waals surface area contributed by atoms with Gasteiger partial charge in [0.2, 0.25) is 0 Å². The summed E-state index contributed by atoms with van der Waals surface area (Å²) in [7, 11) is 0. The summed E-state index contributed by atoms with van der Waals surface area (Å²) in [5.41, 5.74) is 1.11. The molecule has 1 aliphatic rings. The predicted molar refractivity (Wildman–Crippen MR) is 70.1 cm³/mol. The van der Waals surface area contributed by atoms with Crippen molar-refractivity contribution in [1.29, 1.82) is 0 Å². The van der Waals surface area contributed by atoms with Gasteiger partial charge in [-0.1, -0.05) is 6.07 Å². The smallest absolute Gasteiger partial charge is 0.252 e. The number of aliphatic hydroxyl groups is 3. The Morgan fingerprint density at radius 1 is 1.26 bits per heavy atom. The number of carbonyl (C=O) groups is 1. The molecule has 0 aliphatic carbocycles. The molecule has 6 nitrogen and oxygen atoms in total. The van der Waals surface area contributed by atoms with Gasteiger partial charge in [-0.3, -0.25) is 4.79 Å². The van der Waals surface area contributed by atoms with E-state index in [-0.39, 0.29) is 0 Å². The molecule has 0 unspecified atom stereocenters. The van der Waals surface area contributed by atoms with Crippen LogP contribution >= 0.6 is 0 Å². The Morgan fingerprint density at radius 3 is 2.58 bits per heavy atom. The number of anilines is 1. The minimum absolute atomic E-state index is 0.424. The topological polar surface area (TPSA) is 102 Å². The van der Waals surface area contributed by atoms with Gasteiger partial charge >= 0.3 is 0 Å². The van der Waals surface area contributed by atoms with Crippen molar-refractivity contribution < 1.29 is 20.1 Å². The normalized spacial score (nSPS) is 13.8. The van der Waals surface area contributed by atoms with E-state index in [0.29, 0.717) is 5.56 Å². The summed E-state index contributed by atoms with van der Waals surface area (Å²) >= 11 is 0. The quantitative estimate of drug-likeness (QED) is 0.475. The molecule has 6 heteroatoms. The molecule has 104 valence electrons. The summed E-state index contributed by atoms with van der Waals surface area (Å²) in [6, 6.07) is 5.30. The third-order valence-corrected chi connectivity index (χ3v) is 3.37. The molecule has 0 spiro atoms. The van der Waals surface area contributed by atoms with Crippen LogP contribution in [0, 0.1) is 0 Å². The first-order chi connectivity index (χ1) is 9.14. The van der Waals surface area contributed by atoms with E-state index in [1.54, 1.807) is 12.1 Å². The molecule has 1 aromatic carbocycles. The van der Waals surface area contributed by atoms with Crippen molar-refractivity contribution in [1.82, 2.24) is 5.32 Å². The van der Waals surface area contributed by atoms with Crippen LogP contribution in [-0.4, -0.2) is 53.1 Å². The van der Waals surface area contributed by atoms with Crippen molar-refractivity contribution in [3.8, 4) is 0 Å². The van der Waals surface area contributed by atoms with Gasteiger partial charge in [-0.25, -0.2) is 0 Å². The Hall–Kier alpha value is -1.63. The summed E-state index contributed by atoms with van der Waals surface area (Å²) in [4.78, 5) is 12.1. The van der Waals surface area contributed by atoms with E-state index in [0.717, 1.165) is 24.2 Å². The maximum absolute atomic E-state index is 12.1. The maximum atomic E-state index is 12.1. The van der Waals surface area contributed by atoms with Gasteiger partial charge in [0.05, 0.1) is 19.8 Å². The lowest BCUT2D eigenvalue weighted by molar-refractivity contribution is 0.0375. The van der Waals surface area contributed by atoms with Crippen LogP contribution in [0.1, 0.15) is 15.9 Å². The molecule has 0 saturated carbocycles. The highest BCUT2D eigenvalue weighted by Gasteiger charge is 2.30. The van der Waals surface area contributed by atoms with E-state index in [1.165, 1.54) is 0 Å². The number of nitrogens with one attached hydrogen (secondary N) is 2. The zero-order chi connectivity index (χ0) is 13.9. The van der Waals surface area contributed by atoms with Crippen LogP contribution in [0.15, 0.2) is 18.2 Å². The van der Waals surface area contributed by atoms with Crippen LogP contribution in [0.2, 0.25) is 0 Å². The number of amides is 1. The average Bonchev–Trinajstić information content (AvgIpc) is 2.92. The van der Waals surface area contributed by atoms with Crippen LogP contribution in [0.5, 0.6) is 0 Å². The van der Waals surface area contributed by atoms with Gasteiger partial charge in [0, 0.05) is 17.8 Å². The van der Waals surface area contributed by atoms with E-state index < -0.39 is 31.3 Å². The highest BCUT2D eigenvalue weighted by atomic mass is 16.3. The third-order valence-electron chi connectivity index (χ3n) is 3.37. The fraction of sp³-hybridized carbons (Fsp3) is 0.462. The molecule has 1 heterocycles. The van der Waals surface area contributed by atoms with Crippen molar-refractivity contribution in [2.45, 2.75) is 12.0 Å². The largest absolute Gasteiger partial charge is 0.394 e. The second-order valence-corrected chi connectivity index (χ2v) is 4.76. The highest BCUT2D eigenvalue weighted by Crippen LogP contribution is 2.23. The number of hydrogen-bond donors (Lipinski definition) is 5. The number of rotatable bonds is 5. The van der Waals surface area contributed by atoms with Crippen LogP contribution < -0.4 is 10.6 Å². The second-order valence-electron chi connectivity index (χ2n) is 4.76. The molecular formula is C13H18N2O4. The van der Waals surface area contributed by atoms with Crippen LogP contribution in [0.4, 0.5) is 5.69 Å². The Morgan fingerprint density at radius 2 is 1.95 bits per heavy atom. The van der Waals surface area contributed by atoms with Crippen LogP contribution in [0.3, 0.4) is 0 Å². The molecule has 1 aromatic rings. The van der Waals surface area contributed by atoms with Gasteiger partial charge in [0.1, 0.15) is 5.54 Å². The number of fused-ring (bicyclic) bond motifs is 1. The fourth-order valence-corrected chi connectivity index (χ4v) is 2.01. The molecule has 0 aromatic heterocycles. The van der Waals surface area contributed by atoms with Crippen molar-refractivity contribution in [3.63, 3.8) is 0 Å². The first kappa shape index (κ1) is 13.8. The van der Waals surface area contributed by atoms with Crippen molar-refractivity contribution in [2.75, 3.05) is 31.7 Å². The van der Waals surface area contributed by atoms with Crippen LogP contribution in [-0.2, 0) is 6.42 Å². The Balaban J connectivity index is 2.16. The predicted octanol–water partition coefficient (Wildman–Crippen LogP) is -0.900. The fourth-order valence-electron chi connectivity index (χ4n) is 2.01. The first-order valence-electron chi connectivity index (χ1n) is 6.16. The summed E-state index contributed by atoms with van der Waals surface area (Å²) in [6.45, 7) is -0.743. The zero-order valence-corrected chi connectivity index (χ0v) is 10.5. The highest BCUT2D eigenvalue weighted by molar-refractivity contribution is 5.96. The molecule has 0 radical (unpaired) electrons. The Bertz CT molecular complexity index is 463. The van der Waals surface area contributed by atoms with E-state index in [4.69, 9.17) is 0 Å². The maximum Gasteiger partial charge on any atom is 0.252 e. The summed E-state index contributed by atoms with van der Waals surface area (Å²) < 4.78 is 0. The third kappa shape index (κ3) is 2.70. The van der Waals surface area contributed by atoms with Gasteiger partial charge in [0.25, 0.3) is 5.91 Å². The molecule has 0 bridgehead atoms. The number of carbonyl (C=O) groups excluding carboxylic acids is 1. The molecule has 1 amide bonds. The van der Waals surface area contributed by atoms with E-state index in [9.17, 15) is 20.1 Å². The Kier molecular flexibility index (Phi) is 4.04. The van der Waals surface area contributed by atoms with E-state index in [2.05, 4.69) is 10.6 Å². The SMILES string of the molecule is O=C(NC(CO)(CO)CO)c1ccc2c(c1)NCC2. The minimum atomic E-state index is -1.40. The van der Waals surface area contributed by atoms with Gasteiger partial charge < -0.3 is 26.0 Å². The van der Waals surface area contributed by atoms with Gasteiger partial charge in [-0.2, -0.15) is 0 Å². The average molecular weight is 266 g/mol. The molecule has 0 saturated heterocycles. The lowest BCUT2D eigenvalue weighted by Gasteiger charge is -2.28. The van der Waals surface area contributed by atoms with Crippen molar-refractivity contribution in [3.05, 3.63) is 29.3 Å². The molecular weight excluding hydrogens is 248 g/mol. The van der Waals surface area contributed by atoms with E-state index >= 15 is 0 Å². The van der Waals surface area contributed by atoms with Gasteiger partial charge in [-0.05, 0) is 24.1 Å². The standard InChI is InChI=1S/C13H18N2O4/c16-6-13(7-17,8-18)15-12(19)10-2-1-9-3-4-14-11(9)5-10/h1-2,5,14,16-18H,3-4,6-8H2,(H,15,19). The lowest BCUT2D eigenvalue weighted by atomic mass is 10.0.